The maximum Gasteiger partial charge on any atom is 0.408 e. The number of hydrogen-bond donors (Lipinski definition) is 1. The van der Waals surface area contributed by atoms with Crippen molar-refractivity contribution < 1.29 is 27.6 Å². The Balaban J connectivity index is 3.07. The van der Waals surface area contributed by atoms with E-state index >= 15 is 0 Å². The van der Waals surface area contributed by atoms with Gasteiger partial charge in [-0.15, -0.1) is 0 Å². The second-order valence-electron chi connectivity index (χ2n) is 10.7. The Morgan fingerprint density at radius 3 is 2.00 bits per heavy atom. The van der Waals surface area contributed by atoms with Crippen molar-refractivity contribution >= 4 is 22.0 Å². The Hall–Kier alpha value is -1.60. The number of nitrogens with one attached hydrogen (secondary N) is 1. The number of amides is 1. The molecular formula is C25H44NO6PSi. The summed E-state index contributed by atoms with van der Waals surface area (Å²) >= 11 is 0. The fourth-order valence-electron chi connectivity index (χ4n) is 2.71. The summed E-state index contributed by atoms with van der Waals surface area (Å²) in [6, 6.07) is 7.39. The minimum absolute atomic E-state index is 0.105. The fourth-order valence-corrected chi connectivity index (χ4v) is 5.13. The van der Waals surface area contributed by atoms with E-state index in [1.165, 1.54) is 5.82 Å². The number of rotatable bonds is 11. The Kier molecular flexibility index (Phi) is 11.1. The standard InChI is InChI=1S/C25H44NO6PSi/c1-11-29-33(28,30-12-2)18-17-21(26-23(27)31-24(3,4)5)19-20-13-15-22(16-14-20)32-34(9,10)25(6,7)8/h13-18,21H,11-12,19H2,1-10H3,(H,26,27). The van der Waals surface area contributed by atoms with Gasteiger partial charge in [-0.25, -0.2) is 4.79 Å². The number of carbonyl (C=O) groups excluding carboxylic acids is 1. The quantitative estimate of drug-likeness (QED) is 0.247. The molecule has 9 heteroatoms. The topological polar surface area (TPSA) is 83.1 Å². The van der Waals surface area contributed by atoms with Crippen LogP contribution >= 0.6 is 7.60 Å². The van der Waals surface area contributed by atoms with E-state index in [1.807, 2.05) is 24.3 Å². The third-order valence-electron chi connectivity index (χ3n) is 5.38. The Morgan fingerprint density at radius 2 is 1.56 bits per heavy atom. The maximum atomic E-state index is 12.9. The van der Waals surface area contributed by atoms with Crippen molar-refractivity contribution in [2.75, 3.05) is 13.2 Å². The van der Waals surface area contributed by atoms with Gasteiger partial charge in [0.1, 0.15) is 11.4 Å². The van der Waals surface area contributed by atoms with Gasteiger partial charge in [0, 0.05) is 5.82 Å². The van der Waals surface area contributed by atoms with Crippen LogP contribution in [0.4, 0.5) is 4.79 Å². The Morgan fingerprint density at radius 1 is 1.03 bits per heavy atom. The van der Waals surface area contributed by atoms with Gasteiger partial charge in [-0.05, 0) is 76.9 Å². The molecule has 0 bridgehead atoms. The van der Waals surface area contributed by atoms with Crippen molar-refractivity contribution in [3.63, 3.8) is 0 Å². The zero-order valence-corrected chi connectivity index (χ0v) is 24.5. The second-order valence-corrected chi connectivity index (χ2v) is 17.3. The highest BCUT2D eigenvalue weighted by atomic mass is 31.2. The average Bonchev–Trinajstić information content (AvgIpc) is 2.65. The minimum atomic E-state index is -3.40. The summed E-state index contributed by atoms with van der Waals surface area (Å²) < 4.78 is 35.3. The van der Waals surface area contributed by atoms with Crippen LogP contribution in [0.3, 0.4) is 0 Å². The van der Waals surface area contributed by atoms with E-state index in [0.29, 0.717) is 6.42 Å². The molecule has 1 N–H and O–H groups in total. The summed E-state index contributed by atoms with van der Waals surface area (Å²) in [5, 5.41) is 2.95. The van der Waals surface area contributed by atoms with E-state index in [4.69, 9.17) is 18.2 Å². The lowest BCUT2D eigenvalue weighted by Crippen LogP contribution is -2.43. The van der Waals surface area contributed by atoms with Gasteiger partial charge in [0.25, 0.3) is 0 Å². The van der Waals surface area contributed by atoms with Crippen LogP contribution in [0.1, 0.15) is 61.0 Å². The zero-order valence-electron chi connectivity index (χ0n) is 22.6. The highest BCUT2D eigenvalue weighted by Gasteiger charge is 2.38. The average molecular weight is 514 g/mol. The first-order valence-corrected chi connectivity index (χ1v) is 16.4. The molecule has 1 aromatic rings. The zero-order chi connectivity index (χ0) is 26.2. The molecule has 0 aliphatic heterocycles. The summed E-state index contributed by atoms with van der Waals surface area (Å²) in [5.74, 6) is 2.25. The molecule has 0 saturated heterocycles. The third-order valence-corrected chi connectivity index (χ3v) is 11.5. The lowest BCUT2D eigenvalue weighted by molar-refractivity contribution is 0.0514. The summed E-state index contributed by atoms with van der Waals surface area (Å²) in [4.78, 5) is 12.4. The predicted octanol–water partition coefficient (Wildman–Crippen LogP) is 7.29. The van der Waals surface area contributed by atoms with Crippen LogP contribution in [0.15, 0.2) is 36.2 Å². The molecule has 0 aromatic heterocycles. The molecule has 1 unspecified atom stereocenters. The molecule has 1 rings (SSSR count). The van der Waals surface area contributed by atoms with E-state index in [2.05, 4.69) is 39.2 Å². The number of ether oxygens (including phenoxy) is 1. The summed E-state index contributed by atoms with van der Waals surface area (Å²) in [6.45, 7) is 20.5. The van der Waals surface area contributed by atoms with Crippen LogP contribution in [0, 0.1) is 0 Å². The first kappa shape index (κ1) is 30.4. The van der Waals surface area contributed by atoms with Gasteiger partial charge in [-0.2, -0.15) is 0 Å². The van der Waals surface area contributed by atoms with Crippen molar-refractivity contribution in [2.45, 2.75) is 91.6 Å². The van der Waals surface area contributed by atoms with Crippen LogP contribution in [0.2, 0.25) is 18.1 Å². The summed E-state index contributed by atoms with van der Waals surface area (Å²) in [7, 11) is -5.33. The molecule has 1 atom stereocenters. The van der Waals surface area contributed by atoms with Gasteiger partial charge in [0.15, 0.2) is 0 Å². The normalized spacial score (nSPS) is 14.2. The highest BCUT2D eigenvalue weighted by Crippen LogP contribution is 2.49. The maximum absolute atomic E-state index is 12.9. The lowest BCUT2D eigenvalue weighted by atomic mass is 10.1. The minimum Gasteiger partial charge on any atom is -0.544 e. The third kappa shape index (κ3) is 10.8. The van der Waals surface area contributed by atoms with Crippen molar-refractivity contribution in [3.05, 3.63) is 41.7 Å². The van der Waals surface area contributed by atoms with Crippen LogP contribution < -0.4 is 9.74 Å². The van der Waals surface area contributed by atoms with E-state index in [-0.39, 0.29) is 18.3 Å². The first-order valence-electron chi connectivity index (χ1n) is 11.9. The molecule has 0 fully saturated rings. The van der Waals surface area contributed by atoms with Gasteiger partial charge < -0.3 is 23.5 Å². The molecule has 1 aromatic carbocycles. The van der Waals surface area contributed by atoms with E-state index < -0.39 is 33.6 Å². The van der Waals surface area contributed by atoms with Crippen molar-refractivity contribution in [3.8, 4) is 5.75 Å². The summed E-state index contributed by atoms with van der Waals surface area (Å²) in [5.41, 5.74) is 0.350. The Labute approximate surface area is 207 Å². The molecule has 0 radical (unpaired) electrons. The molecule has 0 saturated carbocycles. The van der Waals surface area contributed by atoms with E-state index in [9.17, 15) is 9.36 Å². The molecule has 7 nitrogen and oxygen atoms in total. The molecule has 1 amide bonds. The largest absolute Gasteiger partial charge is 0.544 e. The first-order chi connectivity index (χ1) is 15.5. The molecular weight excluding hydrogens is 469 g/mol. The van der Waals surface area contributed by atoms with Gasteiger partial charge >= 0.3 is 13.7 Å². The number of alkyl carbamates (subject to hydrolysis) is 1. The second kappa shape index (κ2) is 12.4. The summed E-state index contributed by atoms with van der Waals surface area (Å²) in [6.07, 6.45) is 1.56. The van der Waals surface area contributed by atoms with Gasteiger partial charge in [-0.1, -0.05) is 39.0 Å². The Bertz CT molecular complexity index is 846. The van der Waals surface area contributed by atoms with Crippen LogP contribution in [0.5, 0.6) is 5.75 Å². The monoisotopic (exact) mass is 513 g/mol. The van der Waals surface area contributed by atoms with E-state index in [0.717, 1.165) is 11.3 Å². The van der Waals surface area contributed by atoms with Crippen molar-refractivity contribution in [2.24, 2.45) is 0 Å². The molecule has 34 heavy (non-hydrogen) atoms. The van der Waals surface area contributed by atoms with Gasteiger partial charge in [-0.3, -0.25) is 4.57 Å². The lowest BCUT2D eigenvalue weighted by Gasteiger charge is -2.36. The molecule has 0 heterocycles. The molecule has 0 aliphatic rings. The van der Waals surface area contributed by atoms with E-state index in [1.54, 1.807) is 40.7 Å². The van der Waals surface area contributed by atoms with Gasteiger partial charge in [0.2, 0.25) is 8.32 Å². The van der Waals surface area contributed by atoms with Crippen LogP contribution in [-0.2, 0) is 24.8 Å². The SMILES string of the molecule is CCOP(=O)(C=CC(Cc1ccc(O[Si](C)(C)C(C)(C)C)cc1)NC(=O)OC(C)(C)C)OCC. The van der Waals surface area contributed by atoms with Crippen molar-refractivity contribution in [1.82, 2.24) is 5.32 Å². The number of hydrogen-bond acceptors (Lipinski definition) is 6. The van der Waals surface area contributed by atoms with Crippen LogP contribution in [-0.4, -0.2) is 39.3 Å². The molecule has 194 valence electrons. The highest BCUT2D eigenvalue weighted by molar-refractivity contribution is 7.57. The van der Waals surface area contributed by atoms with Gasteiger partial charge in [0.05, 0.1) is 19.3 Å². The number of carbonyl (C=O) groups is 1. The predicted molar refractivity (Wildman–Crippen MR) is 141 cm³/mol. The smallest absolute Gasteiger partial charge is 0.408 e. The van der Waals surface area contributed by atoms with Crippen molar-refractivity contribution in [1.29, 1.82) is 0 Å². The molecule has 0 aliphatic carbocycles. The fraction of sp³-hybridized carbons (Fsp3) is 0.640. The number of benzene rings is 1. The molecule has 0 spiro atoms. The van der Waals surface area contributed by atoms with Crippen LogP contribution in [0.25, 0.3) is 0 Å².